The molecule has 1 amide bonds. The molecule has 182 valence electrons. The molecule has 34 heavy (non-hydrogen) atoms. The summed E-state index contributed by atoms with van der Waals surface area (Å²) in [6.45, 7) is 4.07. The van der Waals surface area contributed by atoms with Crippen molar-refractivity contribution in [2.75, 3.05) is 59.4 Å². The molecule has 1 aromatic carbocycles. The van der Waals surface area contributed by atoms with E-state index in [1.807, 2.05) is 37.4 Å². The first-order chi connectivity index (χ1) is 16.5. The van der Waals surface area contributed by atoms with Crippen LogP contribution in [0.4, 0.5) is 5.82 Å². The molecule has 8 heteroatoms. The molecule has 1 aromatic heterocycles. The maximum Gasteiger partial charge on any atom is 0.337 e. The molecule has 1 atom stereocenters. The van der Waals surface area contributed by atoms with Gasteiger partial charge in [-0.25, -0.2) is 9.78 Å². The third-order valence-electron chi connectivity index (χ3n) is 5.85. The molecule has 1 unspecified atom stereocenters. The van der Waals surface area contributed by atoms with E-state index < -0.39 is 0 Å². The number of ether oxygens (including phenoxy) is 2. The number of fused-ring (bicyclic) bond motifs is 1. The standard InChI is InChI=1S/C26H34N4O4/c1-27-10-11-30(2)12-14-34-13-4-5-19-6-9-24(28-18-19)29-25(31)23-15-20-7-8-21(26(32)33-3)16-22(20)17-23/h4-9,16,18,23,27H,10-15,17H2,1-3H3,(H,28,29,31)/b5-4+. The lowest BCUT2D eigenvalue weighted by Gasteiger charge is -2.15. The molecule has 0 spiro atoms. The van der Waals surface area contributed by atoms with Gasteiger partial charge in [0.15, 0.2) is 0 Å². The summed E-state index contributed by atoms with van der Waals surface area (Å²) in [7, 11) is 5.39. The summed E-state index contributed by atoms with van der Waals surface area (Å²) in [4.78, 5) is 31.1. The molecule has 1 aliphatic rings. The van der Waals surface area contributed by atoms with Gasteiger partial charge in [0, 0.05) is 31.7 Å². The van der Waals surface area contributed by atoms with E-state index in [0.717, 1.165) is 36.3 Å². The molecule has 1 aliphatic carbocycles. The van der Waals surface area contributed by atoms with E-state index in [4.69, 9.17) is 9.47 Å². The quantitative estimate of drug-likeness (QED) is 0.367. The Kier molecular flexibility index (Phi) is 9.75. The van der Waals surface area contributed by atoms with Crippen molar-refractivity contribution < 1.29 is 19.1 Å². The van der Waals surface area contributed by atoms with Gasteiger partial charge in [0.2, 0.25) is 5.91 Å². The third kappa shape index (κ3) is 7.48. The summed E-state index contributed by atoms with van der Waals surface area (Å²) in [5.74, 6) is -0.0963. The summed E-state index contributed by atoms with van der Waals surface area (Å²) >= 11 is 0. The summed E-state index contributed by atoms with van der Waals surface area (Å²) in [6, 6.07) is 9.18. The Bertz CT molecular complexity index is 991. The minimum absolute atomic E-state index is 0.0697. The number of hydrogen-bond donors (Lipinski definition) is 2. The Morgan fingerprint density at radius 1 is 1.18 bits per heavy atom. The highest BCUT2D eigenvalue weighted by atomic mass is 16.5. The summed E-state index contributed by atoms with van der Waals surface area (Å²) in [5.41, 5.74) is 3.56. The Balaban J connectivity index is 1.41. The Labute approximate surface area is 201 Å². The van der Waals surface area contributed by atoms with Crippen LogP contribution in [-0.4, -0.2) is 75.8 Å². The second-order valence-electron chi connectivity index (χ2n) is 8.43. The lowest BCUT2D eigenvalue weighted by molar-refractivity contribution is -0.119. The molecule has 2 aromatic rings. The predicted molar refractivity (Wildman–Crippen MR) is 133 cm³/mol. The monoisotopic (exact) mass is 466 g/mol. The zero-order valence-electron chi connectivity index (χ0n) is 20.2. The van der Waals surface area contributed by atoms with Crippen LogP contribution in [0, 0.1) is 5.92 Å². The maximum atomic E-state index is 12.7. The van der Waals surface area contributed by atoms with Crippen molar-refractivity contribution in [2.24, 2.45) is 5.92 Å². The number of nitrogens with zero attached hydrogens (tertiary/aromatic N) is 2. The molecule has 0 aliphatic heterocycles. The Morgan fingerprint density at radius 3 is 2.74 bits per heavy atom. The zero-order chi connectivity index (χ0) is 24.3. The highest BCUT2D eigenvalue weighted by Gasteiger charge is 2.28. The van der Waals surface area contributed by atoms with Crippen LogP contribution in [0.2, 0.25) is 0 Å². The van der Waals surface area contributed by atoms with Crippen molar-refractivity contribution in [1.82, 2.24) is 15.2 Å². The molecular weight excluding hydrogens is 432 g/mol. The van der Waals surface area contributed by atoms with Crippen LogP contribution in [0.5, 0.6) is 0 Å². The van der Waals surface area contributed by atoms with Crippen molar-refractivity contribution in [3.05, 3.63) is 64.9 Å². The van der Waals surface area contributed by atoms with E-state index in [1.54, 1.807) is 18.3 Å². The van der Waals surface area contributed by atoms with Gasteiger partial charge in [0.05, 0.1) is 25.9 Å². The van der Waals surface area contributed by atoms with Crippen molar-refractivity contribution in [3.63, 3.8) is 0 Å². The van der Waals surface area contributed by atoms with Crippen molar-refractivity contribution in [2.45, 2.75) is 12.8 Å². The fourth-order valence-corrected chi connectivity index (χ4v) is 3.82. The van der Waals surface area contributed by atoms with E-state index >= 15 is 0 Å². The SMILES string of the molecule is CNCCN(C)CCOC/C=C/c1ccc(NC(=O)C2Cc3ccc(C(=O)OC)cc3C2)nc1. The van der Waals surface area contributed by atoms with Crippen molar-refractivity contribution in [1.29, 1.82) is 0 Å². The lowest BCUT2D eigenvalue weighted by atomic mass is 10.1. The topological polar surface area (TPSA) is 92.8 Å². The number of amides is 1. The number of rotatable bonds is 12. The number of nitrogens with one attached hydrogen (secondary N) is 2. The molecule has 3 rings (SSSR count). The lowest BCUT2D eigenvalue weighted by Crippen LogP contribution is -2.30. The second kappa shape index (κ2) is 13.0. The van der Waals surface area contributed by atoms with Gasteiger partial charge in [-0.3, -0.25) is 4.79 Å². The van der Waals surface area contributed by atoms with Crippen molar-refractivity contribution >= 4 is 23.8 Å². The number of methoxy groups -OCH3 is 1. The van der Waals surface area contributed by atoms with Crippen LogP contribution < -0.4 is 10.6 Å². The number of carbonyl (C=O) groups excluding carboxylic acids is 2. The van der Waals surface area contributed by atoms with Gasteiger partial charge in [-0.1, -0.05) is 18.2 Å². The first-order valence-electron chi connectivity index (χ1n) is 11.5. The van der Waals surface area contributed by atoms with Gasteiger partial charge >= 0.3 is 5.97 Å². The number of aromatic nitrogens is 1. The number of anilines is 1. The number of hydrogen-bond acceptors (Lipinski definition) is 7. The summed E-state index contributed by atoms with van der Waals surface area (Å²) in [6.07, 6.45) is 6.88. The highest BCUT2D eigenvalue weighted by molar-refractivity contribution is 5.93. The molecule has 8 nitrogen and oxygen atoms in total. The highest BCUT2D eigenvalue weighted by Crippen LogP contribution is 2.28. The van der Waals surface area contributed by atoms with Crippen LogP contribution in [0.1, 0.15) is 27.0 Å². The first kappa shape index (κ1) is 25.6. The fraction of sp³-hybridized carbons (Fsp3) is 0.423. The number of pyridine rings is 1. The molecule has 0 saturated carbocycles. The second-order valence-corrected chi connectivity index (χ2v) is 8.43. The molecule has 1 heterocycles. The fourth-order valence-electron chi connectivity index (χ4n) is 3.82. The Morgan fingerprint density at radius 2 is 2.00 bits per heavy atom. The minimum Gasteiger partial charge on any atom is -0.465 e. The van der Waals surface area contributed by atoms with Crippen LogP contribution in [0.3, 0.4) is 0 Å². The van der Waals surface area contributed by atoms with Crippen LogP contribution >= 0.6 is 0 Å². The van der Waals surface area contributed by atoms with E-state index in [2.05, 4.69) is 27.6 Å². The van der Waals surface area contributed by atoms with E-state index in [1.165, 1.54) is 7.11 Å². The average molecular weight is 467 g/mol. The molecular formula is C26H34N4O4. The molecule has 0 radical (unpaired) electrons. The van der Waals surface area contributed by atoms with Gasteiger partial charge in [-0.05, 0) is 67.9 Å². The predicted octanol–water partition coefficient (Wildman–Crippen LogP) is 2.40. The average Bonchev–Trinajstić information content (AvgIpc) is 3.29. The van der Waals surface area contributed by atoms with Gasteiger partial charge in [-0.2, -0.15) is 0 Å². The minimum atomic E-state index is -0.367. The van der Waals surface area contributed by atoms with Crippen LogP contribution in [-0.2, 0) is 27.1 Å². The van der Waals surface area contributed by atoms with Crippen LogP contribution in [0.25, 0.3) is 6.08 Å². The van der Waals surface area contributed by atoms with Crippen LogP contribution in [0.15, 0.2) is 42.6 Å². The smallest absolute Gasteiger partial charge is 0.337 e. The number of likely N-dealkylation sites (N-methyl/N-ethyl adjacent to an activating group) is 2. The maximum absolute atomic E-state index is 12.7. The van der Waals surface area contributed by atoms with Gasteiger partial charge < -0.3 is 25.0 Å². The van der Waals surface area contributed by atoms with E-state index in [0.29, 0.717) is 37.4 Å². The van der Waals surface area contributed by atoms with Gasteiger partial charge in [0.1, 0.15) is 5.82 Å². The largest absolute Gasteiger partial charge is 0.465 e. The summed E-state index contributed by atoms with van der Waals surface area (Å²) < 4.78 is 10.4. The number of esters is 1. The molecule has 0 saturated heterocycles. The normalized spacial score (nSPS) is 15.0. The van der Waals surface area contributed by atoms with E-state index in [9.17, 15) is 9.59 Å². The first-order valence-corrected chi connectivity index (χ1v) is 11.5. The zero-order valence-corrected chi connectivity index (χ0v) is 20.2. The molecule has 0 bridgehead atoms. The summed E-state index contributed by atoms with van der Waals surface area (Å²) in [5, 5.41) is 6.03. The molecule has 0 fully saturated rings. The number of carbonyl (C=O) groups is 2. The van der Waals surface area contributed by atoms with Gasteiger partial charge in [0.25, 0.3) is 0 Å². The van der Waals surface area contributed by atoms with Crippen molar-refractivity contribution in [3.8, 4) is 0 Å². The number of benzene rings is 1. The van der Waals surface area contributed by atoms with E-state index in [-0.39, 0.29) is 17.8 Å². The Hall–Kier alpha value is -3.07. The third-order valence-corrected chi connectivity index (χ3v) is 5.85. The van der Waals surface area contributed by atoms with Gasteiger partial charge in [-0.15, -0.1) is 0 Å². The molecule has 2 N–H and O–H groups in total.